The van der Waals surface area contributed by atoms with Crippen molar-refractivity contribution >= 4 is 24.0 Å². The Hall–Kier alpha value is -1.94. The number of unbranched alkanes of at least 4 members (excludes halogenated alkanes) is 1. The quantitative estimate of drug-likeness (QED) is 0.182. The summed E-state index contributed by atoms with van der Waals surface area (Å²) in [5.41, 5.74) is 4.60. The van der Waals surface area contributed by atoms with Gasteiger partial charge in [-0.1, -0.05) is 65.8 Å². The first-order valence-corrected chi connectivity index (χ1v) is 20.0. The molecular weight excluding hydrogens is 521 g/mol. The number of carboxylic acids is 1. The Morgan fingerprint density at radius 1 is 0.795 bits per heavy atom. The van der Waals surface area contributed by atoms with Crippen molar-refractivity contribution < 1.29 is 23.5 Å². The van der Waals surface area contributed by atoms with Crippen LogP contribution in [0.5, 0.6) is 5.75 Å². The Bertz CT molecular complexity index is 1050. The lowest BCUT2D eigenvalue weighted by molar-refractivity contribution is -0.137. The fourth-order valence-electron chi connectivity index (χ4n) is 4.77. The molecule has 2 aromatic carbocycles. The fraction of sp³-hybridized carbons (Fsp3) is 0.594. The van der Waals surface area contributed by atoms with E-state index in [0.29, 0.717) is 13.0 Å². The van der Waals surface area contributed by atoms with Crippen molar-refractivity contribution in [3.63, 3.8) is 0 Å². The molecule has 0 radical (unpaired) electrons. The molecule has 2 unspecified atom stereocenters. The second kappa shape index (κ2) is 14.6. The Balaban J connectivity index is 2.38. The van der Waals surface area contributed by atoms with E-state index in [1.807, 2.05) is 12.1 Å². The minimum atomic E-state index is -1.32. The third-order valence-corrected chi connectivity index (χ3v) is 8.15. The standard InChI is InChI=1S/C32H52O5Si2/c1-31(2,3)29(36-38(7)8)26-19-18-24(21-27(26)30(32(4,5)6)37-39(9)10)22-35-25-16-13-15-23(20-25)14-11-12-17-28(33)34/h13,15-16,18-21,29-30,38-39H,11-12,14,17,22H2,1-10H3,(H,33,34). The maximum atomic E-state index is 10.8. The Labute approximate surface area is 240 Å². The van der Waals surface area contributed by atoms with Crippen molar-refractivity contribution in [2.24, 2.45) is 10.8 Å². The van der Waals surface area contributed by atoms with Crippen LogP contribution in [0.2, 0.25) is 26.2 Å². The van der Waals surface area contributed by atoms with Gasteiger partial charge in [0, 0.05) is 6.42 Å². The van der Waals surface area contributed by atoms with Crippen LogP contribution in [0.25, 0.3) is 0 Å². The zero-order chi connectivity index (χ0) is 29.4. The van der Waals surface area contributed by atoms with Crippen molar-refractivity contribution in [2.45, 2.75) is 112 Å². The van der Waals surface area contributed by atoms with Gasteiger partial charge >= 0.3 is 5.97 Å². The van der Waals surface area contributed by atoms with E-state index in [1.165, 1.54) is 16.7 Å². The van der Waals surface area contributed by atoms with Crippen LogP contribution in [0.15, 0.2) is 42.5 Å². The number of ether oxygens (including phenoxy) is 1. The molecule has 0 saturated heterocycles. The monoisotopic (exact) mass is 572 g/mol. The Morgan fingerprint density at radius 2 is 1.38 bits per heavy atom. The van der Waals surface area contributed by atoms with Crippen LogP contribution in [0.4, 0.5) is 0 Å². The first kappa shape index (κ1) is 33.3. The first-order valence-electron chi connectivity index (χ1n) is 14.4. The summed E-state index contributed by atoms with van der Waals surface area (Å²) in [6, 6.07) is 14.8. The zero-order valence-electron chi connectivity index (χ0n) is 26.0. The predicted molar refractivity (Wildman–Crippen MR) is 167 cm³/mol. The maximum Gasteiger partial charge on any atom is 0.303 e. The van der Waals surface area contributed by atoms with Crippen LogP contribution < -0.4 is 4.74 Å². The van der Waals surface area contributed by atoms with Gasteiger partial charge in [0.2, 0.25) is 0 Å². The molecule has 0 spiro atoms. The smallest absolute Gasteiger partial charge is 0.303 e. The van der Waals surface area contributed by atoms with Gasteiger partial charge < -0.3 is 18.7 Å². The second-order valence-electron chi connectivity index (χ2n) is 13.4. The average Bonchev–Trinajstić information content (AvgIpc) is 2.81. The highest BCUT2D eigenvalue weighted by atomic mass is 28.3. The highest BCUT2D eigenvalue weighted by Gasteiger charge is 2.36. The second-order valence-corrected chi connectivity index (χ2v) is 18.1. The van der Waals surface area contributed by atoms with Crippen LogP contribution in [-0.4, -0.2) is 29.2 Å². The van der Waals surface area contributed by atoms with Crippen LogP contribution >= 0.6 is 0 Å². The maximum absolute atomic E-state index is 10.8. The van der Waals surface area contributed by atoms with Gasteiger partial charge in [-0.25, -0.2) is 0 Å². The lowest BCUT2D eigenvalue weighted by Crippen LogP contribution is -2.31. The molecule has 0 bridgehead atoms. The lowest BCUT2D eigenvalue weighted by Gasteiger charge is -2.39. The van der Waals surface area contributed by atoms with Crippen molar-refractivity contribution in [3.05, 3.63) is 64.7 Å². The minimum absolute atomic E-state index is 0.00535. The normalized spacial score (nSPS) is 14.1. The van der Waals surface area contributed by atoms with E-state index >= 15 is 0 Å². The number of benzene rings is 2. The topological polar surface area (TPSA) is 65.0 Å². The van der Waals surface area contributed by atoms with E-state index in [0.717, 1.165) is 24.2 Å². The molecule has 2 atom stereocenters. The number of hydrogen-bond donors (Lipinski definition) is 1. The van der Waals surface area contributed by atoms with Gasteiger partial charge in [-0.2, -0.15) is 0 Å². The van der Waals surface area contributed by atoms with E-state index in [9.17, 15) is 4.79 Å². The van der Waals surface area contributed by atoms with Crippen molar-refractivity contribution in [1.29, 1.82) is 0 Å². The summed E-state index contributed by atoms with van der Waals surface area (Å²) < 4.78 is 19.7. The van der Waals surface area contributed by atoms with Gasteiger partial charge in [-0.05, 0) is 96.7 Å². The molecule has 0 fully saturated rings. The molecule has 0 saturated carbocycles. The molecule has 0 aliphatic rings. The average molecular weight is 573 g/mol. The molecule has 39 heavy (non-hydrogen) atoms. The molecule has 0 aliphatic carbocycles. The van der Waals surface area contributed by atoms with Crippen molar-refractivity contribution in [1.82, 2.24) is 0 Å². The van der Waals surface area contributed by atoms with E-state index in [2.05, 4.69) is 98.1 Å². The van der Waals surface area contributed by atoms with Crippen LogP contribution in [-0.2, 0) is 26.7 Å². The molecule has 7 heteroatoms. The first-order chi connectivity index (χ1) is 18.1. The van der Waals surface area contributed by atoms with Crippen LogP contribution in [0, 0.1) is 10.8 Å². The van der Waals surface area contributed by atoms with Gasteiger partial charge in [0.1, 0.15) is 12.4 Å². The molecule has 0 aromatic heterocycles. The predicted octanol–water partition coefficient (Wildman–Crippen LogP) is 8.24. The van der Waals surface area contributed by atoms with Crippen LogP contribution in [0.1, 0.15) is 95.3 Å². The van der Waals surface area contributed by atoms with E-state index in [4.69, 9.17) is 18.7 Å². The van der Waals surface area contributed by atoms with E-state index < -0.39 is 24.0 Å². The summed E-state index contributed by atoms with van der Waals surface area (Å²) >= 11 is 0. The van der Waals surface area contributed by atoms with Gasteiger partial charge in [0.05, 0.1) is 12.2 Å². The number of carboxylic acid groups (broad SMARTS) is 1. The van der Waals surface area contributed by atoms with Gasteiger partial charge in [-0.3, -0.25) is 4.79 Å². The minimum Gasteiger partial charge on any atom is -0.489 e. The third-order valence-electron chi connectivity index (χ3n) is 6.52. The summed E-state index contributed by atoms with van der Waals surface area (Å²) in [5, 5.41) is 8.87. The molecular formula is C32H52O5Si2. The van der Waals surface area contributed by atoms with E-state index in [-0.39, 0.29) is 29.5 Å². The third kappa shape index (κ3) is 11.2. The molecule has 1 N–H and O–H groups in total. The highest BCUT2D eigenvalue weighted by Crippen LogP contribution is 2.45. The number of aliphatic carboxylic acids is 1. The Morgan fingerprint density at radius 3 is 1.92 bits per heavy atom. The molecule has 2 aromatic rings. The highest BCUT2D eigenvalue weighted by molar-refractivity contribution is 6.48. The molecule has 2 rings (SSSR count). The fourth-order valence-corrected chi connectivity index (χ4v) is 6.97. The summed E-state index contributed by atoms with van der Waals surface area (Å²) in [7, 11) is -2.62. The number of aryl methyl sites for hydroxylation is 1. The molecule has 5 nitrogen and oxygen atoms in total. The summed E-state index contributed by atoms with van der Waals surface area (Å²) in [6.45, 7) is 23.0. The van der Waals surface area contributed by atoms with Crippen LogP contribution in [0.3, 0.4) is 0 Å². The molecule has 0 amide bonds. The van der Waals surface area contributed by atoms with Gasteiger partial charge in [0.15, 0.2) is 18.1 Å². The molecule has 0 aliphatic heterocycles. The summed E-state index contributed by atoms with van der Waals surface area (Å²) in [6.07, 6.45) is 2.56. The summed E-state index contributed by atoms with van der Waals surface area (Å²) in [4.78, 5) is 10.8. The van der Waals surface area contributed by atoms with Crippen molar-refractivity contribution in [3.8, 4) is 5.75 Å². The summed E-state index contributed by atoms with van der Waals surface area (Å²) in [5.74, 6) is 0.0928. The zero-order valence-corrected chi connectivity index (χ0v) is 28.3. The SMILES string of the molecule is C[SiH](C)OC(c1ccc(COc2cccc(CCCCC(=O)O)c2)cc1C(O[SiH](C)C)C(C)(C)C)C(C)(C)C. The number of carbonyl (C=O) groups is 1. The largest absolute Gasteiger partial charge is 0.489 e. The Kier molecular flexibility index (Phi) is 12.5. The number of rotatable bonds is 14. The lowest BCUT2D eigenvalue weighted by atomic mass is 9.77. The molecule has 218 valence electrons. The van der Waals surface area contributed by atoms with Crippen molar-refractivity contribution in [2.75, 3.05) is 0 Å². The number of hydrogen-bond acceptors (Lipinski definition) is 4. The molecule has 0 heterocycles. The van der Waals surface area contributed by atoms with E-state index in [1.54, 1.807) is 0 Å². The van der Waals surface area contributed by atoms with Gasteiger partial charge in [0.25, 0.3) is 0 Å². The van der Waals surface area contributed by atoms with Gasteiger partial charge in [-0.15, -0.1) is 0 Å².